The SMILES string of the molecule is CCCCCCCCCCCCCCCCC(C#C[Si](C(C)C)(C(C)C)C(C)C)CC(F)(F)F. The summed E-state index contributed by atoms with van der Waals surface area (Å²) in [6.45, 7) is 15.6. The molecule has 0 rings (SSSR count). The van der Waals surface area contributed by atoms with Crippen LogP contribution in [0, 0.1) is 17.4 Å². The van der Waals surface area contributed by atoms with Crippen LogP contribution in [0.2, 0.25) is 16.6 Å². The van der Waals surface area contributed by atoms with E-state index in [1.807, 2.05) is 0 Å². The van der Waals surface area contributed by atoms with Crippen LogP contribution in [0.5, 0.6) is 0 Å². The maximum Gasteiger partial charge on any atom is 0.390 e. The fourth-order valence-electron chi connectivity index (χ4n) is 5.75. The Hall–Kier alpha value is -0.433. The van der Waals surface area contributed by atoms with Crippen LogP contribution in [0.25, 0.3) is 0 Å². The Labute approximate surface area is 212 Å². The molecule has 0 aromatic rings. The first-order valence-electron chi connectivity index (χ1n) is 14.6. The van der Waals surface area contributed by atoms with Gasteiger partial charge in [-0.1, -0.05) is 138 Å². The Kier molecular flexibility index (Phi) is 18.5. The van der Waals surface area contributed by atoms with Crippen molar-refractivity contribution in [2.75, 3.05) is 0 Å². The molecule has 0 fully saturated rings. The third-order valence-corrected chi connectivity index (χ3v) is 14.1. The first kappa shape index (κ1) is 33.6. The summed E-state index contributed by atoms with van der Waals surface area (Å²) in [6.07, 6.45) is 13.5. The number of rotatable bonds is 19. The van der Waals surface area contributed by atoms with Crippen LogP contribution in [-0.2, 0) is 0 Å². The van der Waals surface area contributed by atoms with Crippen LogP contribution in [0.3, 0.4) is 0 Å². The highest BCUT2D eigenvalue weighted by molar-refractivity contribution is 6.90. The van der Waals surface area contributed by atoms with Crippen LogP contribution in [-0.4, -0.2) is 14.3 Å². The Morgan fingerprint density at radius 3 is 1.26 bits per heavy atom. The second-order valence-corrected chi connectivity index (χ2v) is 17.1. The van der Waals surface area contributed by atoms with Gasteiger partial charge in [0.25, 0.3) is 0 Å². The van der Waals surface area contributed by atoms with E-state index in [-0.39, 0.29) is 0 Å². The van der Waals surface area contributed by atoms with Gasteiger partial charge in [-0.25, -0.2) is 0 Å². The zero-order chi connectivity index (χ0) is 26.0. The molecule has 0 radical (unpaired) electrons. The van der Waals surface area contributed by atoms with Crippen molar-refractivity contribution < 1.29 is 13.2 Å². The zero-order valence-corrected chi connectivity index (χ0v) is 24.8. The monoisotopic (exact) mass is 502 g/mol. The summed E-state index contributed by atoms with van der Waals surface area (Å²) < 4.78 is 39.7. The Morgan fingerprint density at radius 1 is 0.588 bits per heavy atom. The summed E-state index contributed by atoms with van der Waals surface area (Å²) in [7, 11) is -1.98. The molecule has 34 heavy (non-hydrogen) atoms. The molecule has 0 N–H and O–H groups in total. The lowest BCUT2D eigenvalue weighted by Crippen LogP contribution is -2.43. The van der Waals surface area contributed by atoms with Crippen LogP contribution in [0.15, 0.2) is 0 Å². The topological polar surface area (TPSA) is 0 Å². The fraction of sp³-hybridized carbons (Fsp3) is 0.933. The molecule has 0 aliphatic heterocycles. The summed E-state index contributed by atoms with van der Waals surface area (Å²) in [6, 6.07) is 0. The highest BCUT2D eigenvalue weighted by Gasteiger charge is 2.42. The third kappa shape index (κ3) is 14.8. The maximum absolute atomic E-state index is 13.2. The predicted molar refractivity (Wildman–Crippen MR) is 148 cm³/mol. The molecule has 0 aromatic heterocycles. The van der Waals surface area contributed by atoms with E-state index in [1.165, 1.54) is 70.6 Å². The van der Waals surface area contributed by atoms with Crippen molar-refractivity contribution in [3.05, 3.63) is 0 Å². The van der Waals surface area contributed by atoms with E-state index in [4.69, 9.17) is 0 Å². The Bertz CT molecular complexity index is 518. The van der Waals surface area contributed by atoms with Crippen molar-refractivity contribution >= 4 is 8.07 Å². The van der Waals surface area contributed by atoms with E-state index < -0.39 is 26.6 Å². The van der Waals surface area contributed by atoms with E-state index in [0.29, 0.717) is 23.0 Å². The number of unbranched alkanes of at least 4 members (excludes halogenated alkanes) is 13. The van der Waals surface area contributed by atoms with Gasteiger partial charge in [-0.15, -0.1) is 11.5 Å². The lowest BCUT2D eigenvalue weighted by molar-refractivity contribution is -0.141. The van der Waals surface area contributed by atoms with Gasteiger partial charge in [-0.3, -0.25) is 0 Å². The van der Waals surface area contributed by atoms with Crippen LogP contribution >= 0.6 is 0 Å². The van der Waals surface area contributed by atoms with E-state index >= 15 is 0 Å². The average molecular weight is 503 g/mol. The Morgan fingerprint density at radius 2 is 0.941 bits per heavy atom. The van der Waals surface area contributed by atoms with Crippen molar-refractivity contribution in [3.8, 4) is 11.5 Å². The minimum Gasteiger partial charge on any atom is -0.171 e. The summed E-state index contributed by atoms with van der Waals surface area (Å²) in [5.41, 5.74) is 4.90. The largest absolute Gasteiger partial charge is 0.390 e. The lowest BCUT2D eigenvalue weighted by atomic mass is 9.97. The molecule has 0 amide bonds. The molecule has 0 nitrogen and oxygen atoms in total. The number of halogens is 3. The van der Waals surface area contributed by atoms with Gasteiger partial charge >= 0.3 is 6.18 Å². The van der Waals surface area contributed by atoms with Crippen LogP contribution in [0.4, 0.5) is 13.2 Å². The van der Waals surface area contributed by atoms with Crippen molar-refractivity contribution in [1.29, 1.82) is 0 Å². The van der Waals surface area contributed by atoms with Gasteiger partial charge in [-0.2, -0.15) is 13.2 Å². The highest BCUT2D eigenvalue weighted by atomic mass is 28.3. The number of hydrogen-bond acceptors (Lipinski definition) is 0. The standard InChI is InChI=1S/C30H57F3Si/c1-8-9-10-11-12-13-14-15-16-17-18-19-20-21-22-29(25-30(31,32)33)23-24-34(26(2)3,27(4)5)28(6)7/h26-29H,8-22,25H2,1-7H3. The maximum atomic E-state index is 13.2. The van der Waals surface area contributed by atoms with Crippen molar-refractivity contribution in [2.24, 2.45) is 5.92 Å². The smallest absolute Gasteiger partial charge is 0.171 e. The molecule has 0 saturated carbocycles. The molecule has 0 bridgehead atoms. The molecule has 0 heterocycles. The molecule has 4 heteroatoms. The van der Waals surface area contributed by atoms with Gasteiger partial charge in [0.15, 0.2) is 0 Å². The minimum atomic E-state index is -4.13. The summed E-state index contributed by atoms with van der Waals surface area (Å²) in [5, 5.41) is 0. The van der Waals surface area contributed by atoms with Gasteiger partial charge in [-0.05, 0) is 23.0 Å². The molecular weight excluding hydrogens is 445 g/mol. The molecule has 0 aliphatic rings. The minimum absolute atomic E-state index is 0.451. The van der Waals surface area contributed by atoms with Gasteiger partial charge in [0.1, 0.15) is 8.07 Å². The van der Waals surface area contributed by atoms with Crippen LogP contribution < -0.4 is 0 Å². The highest BCUT2D eigenvalue weighted by Crippen LogP contribution is 2.41. The van der Waals surface area contributed by atoms with Gasteiger partial charge in [0.2, 0.25) is 0 Å². The fourth-order valence-corrected chi connectivity index (χ4v) is 11.1. The summed E-state index contributed by atoms with van der Waals surface area (Å²) in [4.78, 5) is 0. The average Bonchev–Trinajstić information content (AvgIpc) is 2.72. The van der Waals surface area contributed by atoms with E-state index in [9.17, 15) is 13.2 Å². The van der Waals surface area contributed by atoms with Crippen LogP contribution in [0.1, 0.15) is 151 Å². The van der Waals surface area contributed by atoms with Crippen molar-refractivity contribution in [2.45, 2.75) is 174 Å². The third-order valence-electron chi connectivity index (χ3n) is 7.74. The van der Waals surface area contributed by atoms with E-state index in [1.54, 1.807) is 0 Å². The quantitative estimate of drug-likeness (QED) is 0.0935. The lowest BCUT2D eigenvalue weighted by Gasteiger charge is -2.38. The second kappa shape index (κ2) is 18.8. The summed E-state index contributed by atoms with van der Waals surface area (Å²) in [5.74, 6) is 2.66. The van der Waals surface area contributed by atoms with Crippen molar-refractivity contribution in [3.63, 3.8) is 0 Å². The number of hydrogen-bond donors (Lipinski definition) is 0. The number of alkyl halides is 3. The van der Waals surface area contributed by atoms with Gasteiger partial charge in [0, 0.05) is 5.92 Å². The molecule has 1 unspecified atom stereocenters. The molecule has 0 spiro atoms. The van der Waals surface area contributed by atoms with Gasteiger partial charge < -0.3 is 0 Å². The Balaban J connectivity index is 4.40. The molecular formula is C30H57F3Si. The molecule has 0 saturated heterocycles. The van der Waals surface area contributed by atoms with E-state index in [0.717, 1.165) is 19.3 Å². The first-order chi connectivity index (χ1) is 16.0. The molecule has 1 atom stereocenters. The molecule has 202 valence electrons. The van der Waals surface area contributed by atoms with E-state index in [2.05, 4.69) is 59.9 Å². The predicted octanol–water partition coefficient (Wildman–Crippen LogP) is 11.6. The first-order valence-corrected chi connectivity index (χ1v) is 16.8. The normalized spacial score (nSPS) is 13.6. The molecule has 0 aliphatic carbocycles. The molecule has 0 aromatic carbocycles. The van der Waals surface area contributed by atoms with Gasteiger partial charge in [0.05, 0.1) is 6.42 Å². The van der Waals surface area contributed by atoms with Crippen molar-refractivity contribution in [1.82, 2.24) is 0 Å². The second-order valence-electron chi connectivity index (χ2n) is 11.6. The summed E-state index contributed by atoms with van der Waals surface area (Å²) >= 11 is 0. The zero-order valence-electron chi connectivity index (χ0n) is 23.8.